The molecule has 0 N–H and O–H groups in total. The average Bonchev–Trinajstić information content (AvgIpc) is 2.87. The van der Waals surface area contributed by atoms with E-state index in [1.54, 1.807) is 9.21 Å². The minimum Gasteiger partial charge on any atom is -0.479 e. The van der Waals surface area contributed by atoms with E-state index >= 15 is 0 Å². The second-order valence-electron chi connectivity index (χ2n) is 6.79. The molecule has 8 nitrogen and oxygen atoms in total. The van der Waals surface area contributed by atoms with Gasteiger partial charge >= 0.3 is 0 Å². The van der Waals surface area contributed by atoms with Crippen molar-refractivity contribution in [2.24, 2.45) is 0 Å². The molecule has 1 saturated heterocycles. The molecule has 9 heteroatoms. The Morgan fingerprint density at radius 2 is 1.92 bits per heavy atom. The van der Waals surface area contributed by atoms with Crippen LogP contribution < -0.4 is 4.74 Å². The second-order valence-corrected chi connectivity index (χ2v) is 8.68. The minimum absolute atomic E-state index is 0.0395. The molecule has 1 aliphatic carbocycles. The summed E-state index contributed by atoms with van der Waals surface area (Å²) in [6.45, 7) is 1.09. The number of amides is 1. The molecule has 1 atom stereocenters. The zero-order valence-electron chi connectivity index (χ0n) is 14.7. The van der Waals surface area contributed by atoms with Crippen molar-refractivity contribution in [3.8, 4) is 5.88 Å². The van der Waals surface area contributed by atoms with Gasteiger partial charge in [0.15, 0.2) is 0 Å². The third-order valence-electron chi connectivity index (χ3n) is 5.07. The summed E-state index contributed by atoms with van der Waals surface area (Å²) in [6.07, 6.45) is 6.42. The predicted octanol–water partition coefficient (Wildman–Crippen LogP) is 1.49. The van der Waals surface area contributed by atoms with E-state index in [1.807, 2.05) is 0 Å². The van der Waals surface area contributed by atoms with Crippen molar-refractivity contribution in [2.45, 2.75) is 50.6 Å². The van der Waals surface area contributed by atoms with Crippen LogP contribution in [0.4, 0.5) is 0 Å². The number of rotatable bonds is 5. The fourth-order valence-corrected chi connectivity index (χ4v) is 5.13. The number of hydrogen-bond acceptors (Lipinski definition) is 6. The summed E-state index contributed by atoms with van der Waals surface area (Å²) in [5.41, 5.74) is 0. The Bertz CT molecular complexity index is 713. The molecular formula is C16H25N3O5S. The lowest BCUT2D eigenvalue weighted by atomic mass is 9.91. The van der Waals surface area contributed by atoms with Gasteiger partial charge < -0.3 is 14.2 Å². The first-order chi connectivity index (χ1) is 11.9. The number of carbonyl (C=O) groups excluding carboxylic acids is 1. The Morgan fingerprint density at radius 3 is 2.48 bits per heavy atom. The summed E-state index contributed by atoms with van der Waals surface area (Å²) < 4.78 is 36.2. The van der Waals surface area contributed by atoms with Gasteiger partial charge in [0.2, 0.25) is 15.8 Å². The molecule has 2 fully saturated rings. The molecule has 1 aromatic heterocycles. The van der Waals surface area contributed by atoms with Crippen LogP contribution in [0.25, 0.3) is 0 Å². The van der Waals surface area contributed by atoms with Gasteiger partial charge in [-0.15, -0.1) is 0 Å². The summed E-state index contributed by atoms with van der Waals surface area (Å²) in [6, 6.07) is 1.56. The van der Waals surface area contributed by atoms with Gasteiger partial charge in [-0.1, -0.05) is 6.42 Å². The van der Waals surface area contributed by atoms with Crippen molar-refractivity contribution < 1.29 is 22.5 Å². The van der Waals surface area contributed by atoms with E-state index in [0.29, 0.717) is 19.5 Å². The maximum absolute atomic E-state index is 12.6. The molecule has 1 amide bonds. The van der Waals surface area contributed by atoms with Crippen molar-refractivity contribution in [1.82, 2.24) is 14.4 Å². The third-order valence-corrected chi connectivity index (χ3v) is 6.43. The van der Waals surface area contributed by atoms with Crippen molar-refractivity contribution in [3.63, 3.8) is 0 Å². The van der Waals surface area contributed by atoms with Crippen LogP contribution in [-0.4, -0.2) is 67.2 Å². The van der Waals surface area contributed by atoms with Crippen molar-refractivity contribution >= 4 is 15.9 Å². The van der Waals surface area contributed by atoms with Crippen LogP contribution in [-0.2, 0) is 10.0 Å². The van der Waals surface area contributed by atoms with Crippen molar-refractivity contribution in [3.05, 3.63) is 11.8 Å². The highest BCUT2D eigenvalue weighted by molar-refractivity contribution is 7.88. The van der Waals surface area contributed by atoms with Crippen LogP contribution in [0.2, 0.25) is 0 Å². The van der Waals surface area contributed by atoms with E-state index < -0.39 is 10.0 Å². The van der Waals surface area contributed by atoms with Gasteiger partial charge in [0.25, 0.3) is 11.8 Å². The molecule has 1 aromatic rings. The molecule has 2 aliphatic rings. The van der Waals surface area contributed by atoms with Crippen LogP contribution in [0.3, 0.4) is 0 Å². The molecule has 1 saturated carbocycles. The first-order valence-electron chi connectivity index (χ1n) is 8.68. The maximum atomic E-state index is 12.6. The first-order valence-corrected chi connectivity index (χ1v) is 10.5. The normalized spacial score (nSPS) is 22.5. The van der Waals surface area contributed by atoms with Crippen LogP contribution >= 0.6 is 0 Å². The first kappa shape index (κ1) is 18.2. The highest BCUT2D eigenvalue weighted by atomic mass is 32.2. The van der Waals surface area contributed by atoms with E-state index in [9.17, 15) is 13.2 Å². The predicted molar refractivity (Wildman–Crippen MR) is 90.9 cm³/mol. The molecule has 0 aromatic carbocycles. The summed E-state index contributed by atoms with van der Waals surface area (Å²) in [5.74, 6) is 0.185. The van der Waals surface area contributed by atoms with Crippen molar-refractivity contribution in [1.29, 1.82) is 0 Å². The summed E-state index contributed by atoms with van der Waals surface area (Å²) in [5, 5.41) is 3.66. The standard InChI is InChI=1S/C16H25N3O5S/c1-23-15-11-14(24-17-15)16(20)18-9-4-7-13(8-10-18)19(25(2,21)22)12-5-3-6-12/h11-13H,3-10H2,1-2H3. The van der Waals surface area contributed by atoms with Crippen molar-refractivity contribution in [2.75, 3.05) is 26.5 Å². The number of carbonyl (C=O) groups is 1. The van der Waals surface area contributed by atoms with Crippen LogP contribution in [0, 0.1) is 0 Å². The lowest BCUT2D eigenvalue weighted by molar-refractivity contribution is 0.0715. The van der Waals surface area contributed by atoms with Crippen LogP contribution in [0.1, 0.15) is 49.1 Å². The number of ether oxygens (including phenoxy) is 1. The summed E-state index contributed by atoms with van der Waals surface area (Å²) in [7, 11) is -1.78. The van der Waals surface area contributed by atoms with E-state index in [4.69, 9.17) is 9.26 Å². The fraction of sp³-hybridized carbons (Fsp3) is 0.750. The largest absolute Gasteiger partial charge is 0.479 e. The fourth-order valence-electron chi connectivity index (χ4n) is 3.63. The van der Waals surface area contributed by atoms with E-state index in [1.165, 1.54) is 19.4 Å². The lowest BCUT2D eigenvalue weighted by Gasteiger charge is -2.40. The maximum Gasteiger partial charge on any atom is 0.292 e. The molecule has 3 rings (SSSR count). The number of hydrogen-bond donors (Lipinski definition) is 0. The number of nitrogens with zero attached hydrogens (tertiary/aromatic N) is 3. The average molecular weight is 371 g/mol. The SMILES string of the molecule is COc1cc(C(=O)N2CCCC(N(C3CCC3)S(C)(=O)=O)CC2)on1. The number of sulfonamides is 1. The highest BCUT2D eigenvalue weighted by Crippen LogP contribution is 2.32. The van der Waals surface area contributed by atoms with Gasteiger partial charge in [-0.05, 0) is 37.3 Å². The highest BCUT2D eigenvalue weighted by Gasteiger charge is 2.38. The Balaban J connectivity index is 1.68. The van der Waals surface area contributed by atoms with E-state index in [0.717, 1.165) is 32.1 Å². The quantitative estimate of drug-likeness (QED) is 0.779. The number of aromatic nitrogens is 1. The monoisotopic (exact) mass is 371 g/mol. The van der Waals surface area contributed by atoms with Crippen LogP contribution in [0.15, 0.2) is 10.6 Å². The molecule has 0 radical (unpaired) electrons. The van der Waals surface area contributed by atoms with Gasteiger partial charge in [0, 0.05) is 25.2 Å². The smallest absolute Gasteiger partial charge is 0.292 e. The van der Waals surface area contributed by atoms with Gasteiger partial charge in [0.05, 0.1) is 19.4 Å². The Morgan fingerprint density at radius 1 is 1.24 bits per heavy atom. The molecule has 0 bridgehead atoms. The van der Waals surface area contributed by atoms with Gasteiger partial charge in [-0.3, -0.25) is 4.79 Å². The summed E-state index contributed by atoms with van der Waals surface area (Å²) in [4.78, 5) is 14.3. The molecular weight excluding hydrogens is 346 g/mol. The topological polar surface area (TPSA) is 93.0 Å². The molecule has 0 spiro atoms. The molecule has 140 valence electrons. The zero-order valence-corrected chi connectivity index (χ0v) is 15.5. The van der Waals surface area contributed by atoms with Gasteiger partial charge in [-0.25, -0.2) is 8.42 Å². The van der Waals surface area contributed by atoms with Gasteiger partial charge in [0.1, 0.15) is 0 Å². The van der Waals surface area contributed by atoms with E-state index in [2.05, 4.69) is 5.16 Å². The molecule has 25 heavy (non-hydrogen) atoms. The molecule has 1 aliphatic heterocycles. The summed E-state index contributed by atoms with van der Waals surface area (Å²) >= 11 is 0. The molecule has 2 heterocycles. The number of methoxy groups -OCH3 is 1. The second kappa shape index (κ2) is 7.33. The van der Waals surface area contributed by atoms with Crippen LogP contribution in [0.5, 0.6) is 5.88 Å². The lowest BCUT2D eigenvalue weighted by Crippen LogP contribution is -2.50. The Hall–Kier alpha value is -1.61. The number of likely N-dealkylation sites (tertiary alicyclic amines) is 1. The van der Waals surface area contributed by atoms with Gasteiger partial charge in [-0.2, -0.15) is 4.31 Å². The Labute approximate surface area is 148 Å². The Kier molecular flexibility index (Phi) is 5.33. The zero-order chi connectivity index (χ0) is 18.0. The molecule has 1 unspecified atom stereocenters. The van der Waals surface area contributed by atoms with E-state index in [-0.39, 0.29) is 29.6 Å². The minimum atomic E-state index is -3.25. The third kappa shape index (κ3) is 3.98.